The number of nitrogen functional groups attached to an aromatic ring is 1. The van der Waals surface area contributed by atoms with Crippen molar-refractivity contribution in [1.29, 1.82) is 0 Å². The predicted molar refractivity (Wildman–Crippen MR) is 68.3 cm³/mol. The third kappa shape index (κ3) is 3.79. The highest BCUT2D eigenvalue weighted by Gasteiger charge is 2.37. The van der Waals surface area contributed by atoms with E-state index in [4.69, 9.17) is 20.3 Å². The Morgan fingerprint density at radius 1 is 1.52 bits per heavy atom. The SMILES string of the molecule is Nc1cn([C@@H]2CC(O)[C@H](COP(=O)(O)O)O2)c(=O)[nH]c1=O. The summed E-state index contributed by atoms with van der Waals surface area (Å²) in [6.07, 6.45) is -2.01. The molecule has 0 aliphatic carbocycles. The van der Waals surface area contributed by atoms with Crippen molar-refractivity contribution in [1.82, 2.24) is 9.55 Å². The van der Waals surface area contributed by atoms with Gasteiger partial charge in [-0.1, -0.05) is 0 Å². The number of aliphatic hydroxyl groups is 1. The molecule has 1 aromatic rings. The van der Waals surface area contributed by atoms with E-state index in [-0.39, 0.29) is 12.1 Å². The Bertz CT molecular complexity index is 678. The highest BCUT2D eigenvalue weighted by Crippen LogP contribution is 2.38. The second-order valence-corrected chi connectivity index (χ2v) is 5.71. The van der Waals surface area contributed by atoms with Gasteiger partial charge in [-0.25, -0.2) is 9.36 Å². The summed E-state index contributed by atoms with van der Waals surface area (Å²) in [6, 6.07) is 0. The molecule has 0 aromatic carbocycles. The van der Waals surface area contributed by atoms with Crippen LogP contribution in [0.5, 0.6) is 0 Å². The third-order valence-corrected chi connectivity index (χ3v) is 3.40. The first-order valence-corrected chi connectivity index (χ1v) is 7.35. The maximum absolute atomic E-state index is 11.6. The van der Waals surface area contributed by atoms with E-state index in [1.165, 1.54) is 0 Å². The highest BCUT2D eigenvalue weighted by atomic mass is 31.2. The minimum Gasteiger partial charge on any atom is -0.393 e. The summed E-state index contributed by atoms with van der Waals surface area (Å²) >= 11 is 0. The van der Waals surface area contributed by atoms with Crippen LogP contribution in [0.4, 0.5) is 5.69 Å². The van der Waals surface area contributed by atoms with E-state index < -0.39 is 44.1 Å². The molecule has 0 radical (unpaired) electrons. The Kier molecular flexibility index (Phi) is 4.33. The van der Waals surface area contributed by atoms with E-state index in [0.29, 0.717) is 0 Å². The molecule has 1 aliphatic heterocycles. The first kappa shape index (κ1) is 15.9. The fourth-order valence-electron chi connectivity index (χ4n) is 1.92. The fourth-order valence-corrected chi connectivity index (χ4v) is 2.26. The summed E-state index contributed by atoms with van der Waals surface area (Å²) in [5.41, 5.74) is 3.67. The van der Waals surface area contributed by atoms with E-state index in [1.807, 2.05) is 4.98 Å². The molecule has 1 saturated heterocycles. The lowest BCUT2D eigenvalue weighted by Gasteiger charge is -2.16. The largest absolute Gasteiger partial charge is 0.469 e. The van der Waals surface area contributed by atoms with Gasteiger partial charge in [0.2, 0.25) is 0 Å². The van der Waals surface area contributed by atoms with Crippen LogP contribution in [-0.2, 0) is 13.8 Å². The molecule has 0 spiro atoms. The van der Waals surface area contributed by atoms with Crippen molar-refractivity contribution < 1.29 is 28.7 Å². The monoisotopic (exact) mass is 323 g/mol. The molecule has 1 aromatic heterocycles. The first-order chi connectivity index (χ1) is 9.67. The van der Waals surface area contributed by atoms with Crippen LogP contribution < -0.4 is 17.0 Å². The van der Waals surface area contributed by atoms with Crippen LogP contribution in [0, 0.1) is 0 Å². The number of aliphatic hydroxyl groups excluding tert-OH is 1. The van der Waals surface area contributed by atoms with Gasteiger partial charge in [0.1, 0.15) is 18.0 Å². The molecule has 3 atom stereocenters. The molecule has 2 rings (SSSR count). The molecule has 1 unspecified atom stereocenters. The fraction of sp³-hybridized carbons (Fsp3) is 0.556. The van der Waals surface area contributed by atoms with E-state index in [2.05, 4.69) is 4.52 Å². The molecule has 1 aliphatic rings. The quantitative estimate of drug-likeness (QED) is 0.387. The zero-order valence-corrected chi connectivity index (χ0v) is 11.5. The number of aromatic amines is 1. The lowest BCUT2D eigenvalue weighted by Crippen LogP contribution is -2.33. The normalized spacial score (nSPS) is 26.1. The van der Waals surface area contributed by atoms with Crippen LogP contribution in [0.25, 0.3) is 0 Å². The zero-order valence-electron chi connectivity index (χ0n) is 10.6. The van der Waals surface area contributed by atoms with Gasteiger partial charge in [0.15, 0.2) is 0 Å². The van der Waals surface area contributed by atoms with Gasteiger partial charge in [0, 0.05) is 12.6 Å². The summed E-state index contributed by atoms with van der Waals surface area (Å²) in [7, 11) is -4.69. The number of hydrogen-bond donors (Lipinski definition) is 5. The van der Waals surface area contributed by atoms with Gasteiger partial charge in [0.25, 0.3) is 5.56 Å². The smallest absolute Gasteiger partial charge is 0.393 e. The van der Waals surface area contributed by atoms with Crippen molar-refractivity contribution in [3.05, 3.63) is 27.0 Å². The van der Waals surface area contributed by atoms with Crippen LogP contribution in [0.2, 0.25) is 0 Å². The number of anilines is 1. The maximum atomic E-state index is 11.6. The lowest BCUT2D eigenvalue weighted by molar-refractivity contribution is -0.0450. The molecule has 0 amide bonds. The van der Waals surface area contributed by atoms with E-state index >= 15 is 0 Å². The molecule has 21 heavy (non-hydrogen) atoms. The second-order valence-electron chi connectivity index (χ2n) is 4.47. The molecule has 6 N–H and O–H groups in total. The minimum absolute atomic E-state index is 0.0272. The number of nitrogens with one attached hydrogen (secondary N) is 1. The van der Waals surface area contributed by atoms with Gasteiger partial charge < -0.3 is 25.4 Å². The Labute approximate surface area is 117 Å². The molecule has 1 fully saturated rings. The predicted octanol–water partition coefficient (Wildman–Crippen LogP) is -2.12. The number of aromatic nitrogens is 2. The summed E-state index contributed by atoms with van der Waals surface area (Å²) in [6.45, 7) is -0.546. The third-order valence-electron chi connectivity index (χ3n) is 2.92. The Morgan fingerprint density at radius 2 is 2.19 bits per heavy atom. The van der Waals surface area contributed by atoms with Crippen molar-refractivity contribution in [2.24, 2.45) is 0 Å². The van der Waals surface area contributed by atoms with Gasteiger partial charge in [-0.3, -0.25) is 18.9 Å². The average molecular weight is 323 g/mol. The number of nitrogens with zero attached hydrogens (tertiary/aromatic N) is 1. The molecule has 2 heterocycles. The number of rotatable bonds is 4. The topological polar surface area (TPSA) is 177 Å². The first-order valence-electron chi connectivity index (χ1n) is 5.82. The van der Waals surface area contributed by atoms with Crippen LogP contribution in [0.3, 0.4) is 0 Å². The average Bonchev–Trinajstić information content (AvgIpc) is 2.72. The van der Waals surface area contributed by atoms with Gasteiger partial charge >= 0.3 is 13.5 Å². The van der Waals surface area contributed by atoms with E-state index in [9.17, 15) is 19.3 Å². The van der Waals surface area contributed by atoms with Crippen LogP contribution in [0.1, 0.15) is 12.6 Å². The molecule has 118 valence electrons. The lowest BCUT2D eigenvalue weighted by atomic mass is 10.2. The molecule has 11 nitrogen and oxygen atoms in total. The number of phosphoric ester groups is 1. The molecular formula is C9H14N3O8P. The van der Waals surface area contributed by atoms with Crippen molar-refractivity contribution in [3.63, 3.8) is 0 Å². The van der Waals surface area contributed by atoms with Crippen molar-refractivity contribution in [2.45, 2.75) is 24.9 Å². The van der Waals surface area contributed by atoms with Crippen molar-refractivity contribution >= 4 is 13.5 Å². The summed E-state index contributed by atoms with van der Waals surface area (Å²) in [5.74, 6) is 0. The van der Waals surface area contributed by atoms with Crippen molar-refractivity contribution in [2.75, 3.05) is 12.3 Å². The summed E-state index contributed by atoms with van der Waals surface area (Å²) in [5, 5.41) is 9.76. The van der Waals surface area contributed by atoms with E-state index in [0.717, 1.165) is 10.8 Å². The molecule has 0 bridgehead atoms. The maximum Gasteiger partial charge on any atom is 0.469 e. The van der Waals surface area contributed by atoms with Gasteiger partial charge in [0.05, 0.1) is 12.7 Å². The zero-order chi connectivity index (χ0) is 15.8. The molecule has 0 saturated carbocycles. The van der Waals surface area contributed by atoms with Gasteiger partial charge in [-0.2, -0.15) is 0 Å². The number of phosphoric acid groups is 1. The number of nitrogens with two attached hydrogens (primary N) is 1. The standard InChI is InChI=1S/C9H14N3O8P/c10-4-2-12(9(15)11-8(4)14)7-1-5(13)6(20-7)3-19-21(16,17)18/h2,5-7,13H,1,3,10H2,(H,11,14,15)(H2,16,17,18)/t5?,6-,7-/m0/s1. The van der Waals surface area contributed by atoms with E-state index in [1.54, 1.807) is 0 Å². The minimum atomic E-state index is -4.69. The summed E-state index contributed by atoms with van der Waals surface area (Å²) in [4.78, 5) is 42.0. The Morgan fingerprint density at radius 3 is 2.81 bits per heavy atom. The summed E-state index contributed by atoms with van der Waals surface area (Å²) < 4.78 is 21.1. The van der Waals surface area contributed by atoms with Crippen LogP contribution in [-0.4, -0.2) is 43.3 Å². The number of ether oxygens (including phenoxy) is 1. The van der Waals surface area contributed by atoms with Gasteiger partial charge in [-0.05, 0) is 0 Å². The second kappa shape index (κ2) is 5.72. The highest BCUT2D eigenvalue weighted by molar-refractivity contribution is 7.46. The van der Waals surface area contributed by atoms with Crippen LogP contribution in [0.15, 0.2) is 15.8 Å². The van der Waals surface area contributed by atoms with Crippen molar-refractivity contribution in [3.8, 4) is 0 Å². The number of H-pyrrole nitrogens is 1. The Hall–Kier alpha value is -1.49. The molecular weight excluding hydrogens is 309 g/mol. The van der Waals surface area contributed by atoms with Gasteiger partial charge in [-0.15, -0.1) is 0 Å². The van der Waals surface area contributed by atoms with Crippen LogP contribution >= 0.6 is 7.82 Å². The number of hydrogen-bond acceptors (Lipinski definition) is 7. The Balaban J connectivity index is 2.14. The molecule has 12 heteroatoms.